The number of benzene rings is 1. The number of hydrogen-bond donors (Lipinski definition) is 5. The Hall–Kier alpha value is -4.04. The molecule has 0 bridgehead atoms. The molecule has 51 heavy (non-hydrogen) atoms. The maximum Gasteiger partial charge on any atom is 0.407 e. The molecule has 5 N–H and O–H groups in total. The minimum atomic E-state index is -1.41. The zero-order chi connectivity index (χ0) is 38.8. The molecule has 1 aromatic carbocycles. The molecule has 0 radical (unpaired) electrons. The standard InChI is InChI=1S/C37H60N6O8/c1-22(2)17-25(29(45)32(47)38-19-27(44)40-28(33(48)42(10)11)24-15-13-12-14-16-24)39-31(46)26-18-37(8,9)21-43(26)34(49)30(36(5,6)7)41-35(50)51-20-23(3)4/h12-16,22-23,25-26,28,30-31,39,46H,17-21H2,1-11H3,(H,38,47)(H,40,44)(H,41,50)/t25?,26-,28?,30+,31-/m0/s1. The lowest BCUT2D eigenvalue weighted by Gasteiger charge is -2.37. The fourth-order valence-corrected chi connectivity index (χ4v) is 5.91. The van der Waals surface area contributed by atoms with E-state index in [4.69, 9.17) is 4.74 Å². The molecule has 0 aliphatic carbocycles. The van der Waals surface area contributed by atoms with Gasteiger partial charge in [0.1, 0.15) is 18.3 Å². The summed E-state index contributed by atoms with van der Waals surface area (Å²) in [6, 6.07) is 4.76. The van der Waals surface area contributed by atoms with Crippen molar-refractivity contribution >= 4 is 35.5 Å². The number of aliphatic hydroxyl groups is 1. The number of carbonyl (C=O) groups excluding carboxylic acids is 6. The predicted octanol–water partition coefficient (Wildman–Crippen LogP) is 2.36. The number of Topliss-reactive ketones (excluding diaryl/α,β-unsaturated/α-hetero) is 1. The van der Waals surface area contributed by atoms with Gasteiger partial charge in [-0.05, 0) is 41.1 Å². The second-order valence-electron chi connectivity index (χ2n) is 16.3. The Kier molecular flexibility index (Phi) is 15.6. The third-order valence-corrected chi connectivity index (χ3v) is 8.49. The third kappa shape index (κ3) is 13.2. The monoisotopic (exact) mass is 716 g/mol. The Morgan fingerprint density at radius 1 is 0.980 bits per heavy atom. The molecule has 0 aromatic heterocycles. The fraction of sp³-hybridized carbons (Fsp3) is 0.676. The lowest BCUT2D eigenvalue weighted by molar-refractivity contribution is -0.142. The van der Waals surface area contributed by atoms with E-state index in [2.05, 4.69) is 21.3 Å². The number of amides is 5. The molecule has 0 spiro atoms. The van der Waals surface area contributed by atoms with Gasteiger partial charge >= 0.3 is 6.09 Å². The SMILES string of the molecule is CC(C)COC(=O)N[C@H](C(=O)N1CC(C)(C)C[C@H]1[C@H](O)NC(CC(C)C)C(=O)C(=O)NCC(=O)NC(C(=O)N(C)C)c1ccccc1)C(C)(C)C. The average Bonchev–Trinajstić information content (AvgIpc) is 3.37. The molecule has 2 unspecified atom stereocenters. The molecule has 1 fully saturated rings. The van der Waals surface area contributed by atoms with Gasteiger partial charge in [-0.15, -0.1) is 0 Å². The highest BCUT2D eigenvalue weighted by Gasteiger charge is 2.48. The van der Waals surface area contributed by atoms with Gasteiger partial charge in [0.05, 0.1) is 25.2 Å². The van der Waals surface area contributed by atoms with Gasteiger partial charge < -0.3 is 35.6 Å². The zero-order valence-electron chi connectivity index (χ0n) is 32.2. The summed E-state index contributed by atoms with van der Waals surface area (Å²) in [6.07, 6.45) is -1.56. The van der Waals surface area contributed by atoms with Crippen molar-refractivity contribution in [3.8, 4) is 0 Å². The molecule has 5 atom stereocenters. The number of ketones is 1. The molecule has 1 aromatic rings. The van der Waals surface area contributed by atoms with Crippen molar-refractivity contribution in [2.75, 3.05) is 33.8 Å². The first-order valence-electron chi connectivity index (χ1n) is 17.6. The first-order chi connectivity index (χ1) is 23.5. The van der Waals surface area contributed by atoms with Crippen molar-refractivity contribution in [1.82, 2.24) is 31.1 Å². The molecule has 1 aliphatic heterocycles. The lowest BCUT2D eigenvalue weighted by Crippen LogP contribution is -2.60. The van der Waals surface area contributed by atoms with Crippen molar-refractivity contribution < 1.29 is 38.6 Å². The molecular weight excluding hydrogens is 656 g/mol. The topological polar surface area (TPSA) is 186 Å². The zero-order valence-corrected chi connectivity index (χ0v) is 32.2. The van der Waals surface area contributed by atoms with Crippen LogP contribution < -0.4 is 21.3 Å². The largest absolute Gasteiger partial charge is 0.449 e. The lowest BCUT2D eigenvalue weighted by atomic mass is 9.85. The number of aliphatic hydroxyl groups excluding tert-OH is 1. The molecule has 2 rings (SSSR count). The van der Waals surface area contributed by atoms with E-state index >= 15 is 0 Å². The van der Waals surface area contributed by atoms with Crippen LogP contribution in [0.1, 0.15) is 86.8 Å². The van der Waals surface area contributed by atoms with Gasteiger partial charge in [0.15, 0.2) is 0 Å². The van der Waals surface area contributed by atoms with Gasteiger partial charge in [-0.25, -0.2) is 4.79 Å². The van der Waals surface area contributed by atoms with E-state index in [0.29, 0.717) is 12.0 Å². The molecule has 0 saturated carbocycles. The van der Waals surface area contributed by atoms with Gasteiger partial charge in [0, 0.05) is 20.6 Å². The second kappa shape index (κ2) is 18.5. The molecule has 1 heterocycles. The number of nitrogens with one attached hydrogen (secondary N) is 4. The summed E-state index contributed by atoms with van der Waals surface area (Å²) in [7, 11) is 3.13. The number of nitrogens with zero attached hydrogens (tertiary/aromatic N) is 2. The number of hydrogen-bond acceptors (Lipinski definition) is 9. The van der Waals surface area contributed by atoms with E-state index in [1.165, 1.54) is 9.80 Å². The second-order valence-corrected chi connectivity index (χ2v) is 16.3. The number of alkyl carbamates (subject to hydrolysis) is 1. The summed E-state index contributed by atoms with van der Waals surface area (Å²) in [5, 5.41) is 22.1. The number of likely N-dealkylation sites (N-methyl/N-ethyl adjacent to an activating group) is 1. The molecule has 14 nitrogen and oxygen atoms in total. The van der Waals surface area contributed by atoms with Crippen molar-refractivity contribution in [3.05, 3.63) is 35.9 Å². The van der Waals surface area contributed by atoms with Crippen molar-refractivity contribution in [2.24, 2.45) is 22.7 Å². The average molecular weight is 717 g/mol. The number of likely N-dealkylation sites (tertiary alicyclic amines) is 1. The van der Waals surface area contributed by atoms with Gasteiger partial charge in [0.2, 0.25) is 23.5 Å². The highest BCUT2D eigenvalue weighted by molar-refractivity contribution is 6.38. The summed E-state index contributed by atoms with van der Waals surface area (Å²) in [4.78, 5) is 81.8. The Labute approximate surface area is 302 Å². The van der Waals surface area contributed by atoms with Crippen molar-refractivity contribution in [1.29, 1.82) is 0 Å². The van der Waals surface area contributed by atoms with Crippen LogP contribution in [0.2, 0.25) is 0 Å². The molecule has 1 saturated heterocycles. The number of rotatable bonds is 16. The van der Waals surface area contributed by atoms with E-state index in [1.807, 2.05) is 62.3 Å². The maximum absolute atomic E-state index is 14.1. The minimum Gasteiger partial charge on any atom is -0.449 e. The summed E-state index contributed by atoms with van der Waals surface area (Å²) in [5.74, 6) is -3.34. The number of ether oxygens (including phenoxy) is 1. The van der Waals surface area contributed by atoms with Gasteiger partial charge in [0.25, 0.3) is 5.91 Å². The Balaban J connectivity index is 2.20. The van der Waals surface area contributed by atoms with E-state index in [9.17, 15) is 33.9 Å². The minimum absolute atomic E-state index is 0.0671. The maximum atomic E-state index is 14.1. The molecule has 286 valence electrons. The summed E-state index contributed by atoms with van der Waals surface area (Å²) in [6.45, 7) is 16.8. The van der Waals surface area contributed by atoms with Crippen LogP contribution in [0.3, 0.4) is 0 Å². The van der Waals surface area contributed by atoms with E-state index in [1.54, 1.807) is 44.4 Å². The third-order valence-electron chi connectivity index (χ3n) is 8.49. The normalized spacial score (nSPS) is 18.0. The van der Waals surface area contributed by atoms with Crippen molar-refractivity contribution in [2.45, 2.75) is 106 Å². The van der Waals surface area contributed by atoms with E-state index in [0.717, 1.165) is 0 Å². The van der Waals surface area contributed by atoms with Crippen LogP contribution in [0.4, 0.5) is 4.79 Å². The molecule has 1 aliphatic rings. The Bertz CT molecular complexity index is 1370. The van der Waals surface area contributed by atoms with Crippen LogP contribution in [0.5, 0.6) is 0 Å². The highest BCUT2D eigenvalue weighted by atomic mass is 16.5. The smallest absolute Gasteiger partial charge is 0.407 e. The summed E-state index contributed by atoms with van der Waals surface area (Å²) < 4.78 is 5.29. The van der Waals surface area contributed by atoms with Crippen LogP contribution in [-0.2, 0) is 28.7 Å². The van der Waals surface area contributed by atoms with E-state index < -0.39 is 77.4 Å². The predicted molar refractivity (Wildman–Crippen MR) is 193 cm³/mol. The van der Waals surface area contributed by atoms with Gasteiger partial charge in [-0.3, -0.25) is 29.3 Å². The van der Waals surface area contributed by atoms with Crippen LogP contribution in [0.15, 0.2) is 30.3 Å². The highest BCUT2D eigenvalue weighted by Crippen LogP contribution is 2.37. The molecular formula is C37H60N6O8. The summed E-state index contributed by atoms with van der Waals surface area (Å²) in [5.41, 5.74) is -0.553. The summed E-state index contributed by atoms with van der Waals surface area (Å²) >= 11 is 0. The fourth-order valence-electron chi connectivity index (χ4n) is 5.91. The van der Waals surface area contributed by atoms with E-state index in [-0.39, 0.29) is 37.3 Å². The quantitative estimate of drug-likeness (QED) is 0.127. The molecule has 14 heteroatoms. The number of carbonyl (C=O) groups is 6. The van der Waals surface area contributed by atoms with Crippen LogP contribution in [0.25, 0.3) is 0 Å². The van der Waals surface area contributed by atoms with Crippen LogP contribution >= 0.6 is 0 Å². The Morgan fingerprint density at radius 3 is 2.12 bits per heavy atom. The van der Waals surface area contributed by atoms with Gasteiger partial charge in [-0.2, -0.15) is 0 Å². The first-order valence-corrected chi connectivity index (χ1v) is 17.6. The first kappa shape index (κ1) is 43.1. The van der Waals surface area contributed by atoms with Crippen molar-refractivity contribution in [3.63, 3.8) is 0 Å². The van der Waals surface area contributed by atoms with Gasteiger partial charge in [-0.1, -0.05) is 92.6 Å². The van der Waals surface area contributed by atoms with Crippen LogP contribution in [-0.4, -0.2) is 109 Å². The Morgan fingerprint density at radius 2 is 1.59 bits per heavy atom. The van der Waals surface area contributed by atoms with Crippen LogP contribution in [0, 0.1) is 22.7 Å². The molecule has 5 amide bonds.